The molecule has 7 heteroatoms. The standard InChI is InChI=1S/C14H18FNO4S/c1-3-9-16(10-14(17)20-4-2)21(18,19)11-12-5-7-13(15)8-6-12/h3,5-8H,1,4,9-11H2,2H3. The summed E-state index contributed by atoms with van der Waals surface area (Å²) in [4.78, 5) is 11.5. The summed E-state index contributed by atoms with van der Waals surface area (Å²) in [6.45, 7) is 4.93. The van der Waals surface area contributed by atoms with Gasteiger partial charge in [-0.3, -0.25) is 4.79 Å². The zero-order chi connectivity index (χ0) is 15.9. The lowest BCUT2D eigenvalue weighted by atomic mass is 10.2. The predicted octanol–water partition coefficient (Wildman–Crippen LogP) is 1.71. The Kier molecular flexibility index (Phi) is 6.51. The van der Waals surface area contributed by atoms with Crippen molar-refractivity contribution in [3.05, 3.63) is 48.3 Å². The number of carbonyl (C=O) groups excluding carboxylic acids is 1. The highest BCUT2D eigenvalue weighted by atomic mass is 32.2. The molecule has 1 rings (SSSR count). The van der Waals surface area contributed by atoms with E-state index in [0.29, 0.717) is 5.56 Å². The highest BCUT2D eigenvalue weighted by molar-refractivity contribution is 7.88. The monoisotopic (exact) mass is 315 g/mol. The lowest BCUT2D eigenvalue weighted by Gasteiger charge is -2.19. The van der Waals surface area contributed by atoms with Crippen LogP contribution >= 0.6 is 0 Å². The van der Waals surface area contributed by atoms with Crippen LogP contribution in [0.5, 0.6) is 0 Å². The molecule has 0 saturated carbocycles. The molecule has 5 nitrogen and oxygen atoms in total. The number of esters is 1. The van der Waals surface area contributed by atoms with Crippen molar-refractivity contribution in [3.63, 3.8) is 0 Å². The average molecular weight is 315 g/mol. The molecule has 0 heterocycles. The van der Waals surface area contributed by atoms with Crippen molar-refractivity contribution < 1.29 is 22.3 Å². The van der Waals surface area contributed by atoms with Gasteiger partial charge in [0.15, 0.2) is 0 Å². The van der Waals surface area contributed by atoms with Crippen LogP contribution in [0, 0.1) is 5.82 Å². The van der Waals surface area contributed by atoms with Gasteiger partial charge in [-0.15, -0.1) is 6.58 Å². The van der Waals surface area contributed by atoms with E-state index in [-0.39, 0.29) is 25.4 Å². The van der Waals surface area contributed by atoms with Crippen LogP contribution in [-0.2, 0) is 25.3 Å². The predicted molar refractivity (Wildman–Crippen MR) is 77.4 cm³/mol. The zero-order valence-corrected chi connectivity index (χ0v) is 12.6. The van der Waals surface area contributed by atoms with Crippen molar-refractivity contribution in [1.29, 1.82) is 0 Å². The van der Waals surface area contributed by atoms with E-state index in [0.717, 1.165) is 4.31 Å². The van der Waals surface area contributed by atoms with Crippen LogP contribution in [0.25, 0.3) is 0 Å². The van der Waals surface area contributed by atoms with E-state index in [1.807, 2.05) is 0 Å². The maximum absolute atomic E-state index is 12.8. The third-order valence-electron chi connectivity index (χ3n) is 2.60. The first-order valence-electron chi connectivity index (χ1n) is 6.38. The van der Waals surface area contributed by atoms with E-state index < -0.39 is 21.8 Å². The molecule has 0 aliphatic heterocycles. The average Bonchev–Trinajstić information content (AvgIpc) is 2.41. The van der Waals surface area contributed by atoms with Gasteiger partial charge in [0.25, 0.3) is 0 Å². The van der Waals surface area contributed by atoms with Crippen LogP contribution in [0.1, 0.15) is 12.5 Å². The van der Waals surface area contributed by atoms with E-state index in [1.54, 1.807) is 6.92 Å². The summed E-state index contributed by atoms with van der Waals surface area (Å²) < 4.78 is 43.1. The molecular formula is C14H18FNO4S. The highest BCUT2D eigenvalue weighted by Gasteiger charge is 2.24. The van der Waals surface area contributed by atoms with Crippen molar-refractivity contribution in [2.24, 2.45) is 0 Å². The molecule has 1 aromatic carbocycles. The van der Waals surface area contributed by atoms with Crippen LogP contribution in [0.15, 0.2) is 36.9 Å². The van der Waals surface area contributed by atoms with Gasteiger partial charge < -0.3 is 4.74 Å². The molecule has 0 aromatic heterocycles. The zero-order valence-electron chi connectivity index (χ0n) is 11.8. The Morgan fingerprint density at radius 3 is 2.52 bits per heavy atom. The Labute approximate surface area is 124 Å². The maximum Gasteiger partial charge on any atom is 0.321 e. The summed E-state index contributed by atoms with van der Waals surface area (Å²) in [6, 6.07) is 5.16. The molecule has 0 unspecified atom stereocenters. The van der Waals surface area contributed by atoms with Crippen LogP contribution in [0.3, 0.4) is 0 Å². The summed E-state index contributed by atoms with van der Waals surface area (Å²) in [6.07, 6.45) is 1.39. The Balaban J connectivity index is 2.86. The number of rotatable bonds is 8. The minimum absolute atomic E-state index is 0.00232. The first-order valence-corrected chi connectivity index (χ1v) is 7.98. The molecule has 0 aliphatic carbocycles. The van der Waals surface area contributed by atoms with Gasteiger partial charge in [-0.05, 0) is 24.6 Å². The van der Waals surface area contributed by atoms with E-state index in [2.05, 4.69) is 6.58 Å². The summed E-state index contributed by atoms with van der Waals surface area (Å²) in [5.74, 6) is -1.38. The molecule has 0 fully saturated rings. The van der Waals surface area contributed by atoms with Crippen molar-refractivity contribution in [2.45, 2.75) is 12.7 Å². The van der Waals surface area contributed by atoms with Gasteiger partial charge in [0, 0.05) is 6.54 Å². The fourth-order valence-electron chi connectivity index (χ4n) is 1.65. The van der Waals surface area contributed by atoms with Gasteiger partial charge in [0.2, 0.25) is 10.0 Å². The lowest BCUT2D eigenvalue weighted by molar-refractivity contribution is -0.143. The molecule has 0 saturated heterocycles. The molecule has 0 radical (unpaired) electrons. The first-order chi connectivity index (χ1) is 9.89. The van der Waals surface area contributed by atoms with Crippen LogP contribution < -0.4 is 0 Å². The quantitative estimate of drug-likeness (QED) is 0.541. The molecule has 0 aliphatic rings. The van der Waals surface area contributed by atoms with E-state index >= 15 is 0 Å². The van der Waals surface area contributed by atoms with E-state index in [1.165, 1.54) is 30.3 Å². The summed E-state index contributed by atoms with van der Waals surface area (Å²) in [7, 11) is -3.72. The molecule has 0 atom stereocenters. The van der Waals surface area contributed by atoms with Crippen LogP contribution in [0.4, 0.5) is 4.39 Å². The molecule has 0 N–H and O–H groups in total. The number of ether oxygens (including phenoxy) is 1. The van der Waals surface area contributed by atoms with Gasteiger partial charge in [-0.1, -0.05) is 18.2 Å². The number of sulfonamides is 1. The third kappa shape index (κ3) is 5.65. The molecule has 1 aromatic rings. The van der Waals surface area contributed by atoms with Gasteiger partial charge in [-0.2, -0.15) is 4.31 Å². The van der Waals surface area contributed by atoms with Crippen LogP contribution in [-0.4, -0.2) is 38.4 Å². The fourth-order valence-corrected chi connectivity index (χ4v) is 3.08. The van der Waals surface area contributed by atoms with Gasteiger partial charge in [0.05, 0.1) is 12.4 Å². The van der Waals surface area contributed by atoms with Crippen molar-refractivity contribution in [3.8, 4) is 0 Å². The first kappa shape index (κ1) is 17.3. The Morgan fingerprint density at radius 1 is 1.38 bits per heavy atom. The second kappa shape index (κ2) is 7.90. The minimum atomic E-state index is -3.72. The van der Waals surface area contributed by atoms with Crippen molar-refractivity contribution in [1.82, 2.24) is 4.31 Å². The summed E-state index contributed by atoms with van der Waals surface area (Å²) in [5, 5.41) is 0. The second-order valence-corrected chi connectivity index (χ2v) is 6.24. The maximum atomic E-state index is 12.8. The van der Waals surface area contributed by atoms with E-state index in [9.17, 15) is 17.6 Å². The largest absolute Gasteiger partial charge is 0.465 e. The molecule has 0 spiro atoms. The Morgan fingerprint density at radius 2 is 2.00 bits per heavy atom. The molecule has 0 bridgehead atoms. The van der Waals surface area contributed by atoms with Gasteiger partial charge in [-0.25, -0.2) is 12.8 Å². The summed E-state index contributed by atoms with van der Waals surface area (Å²) in [5.41, 5.74) is 0.439. The van der Waals surface area contributed by atoms with Crippen LogP contribution in [0.2, 0.25) is 0 Å². The number of nitrogens with zero attached hydrogens (tertiary/aromatic N) is 1. The molecule has 21 heavy (non-hydrogen) atoms. The minimum Gasteiger partial charge on any atom is -0.465 e. The molecular weight excluding hydrogens is 297 g/mol. The topological polar surface area (TPSA) is 63.7 Å². The third-order valence-corrected chi connectivity index (χ3v) is 4.36. The number of hydrogen-bond acceptors (Lipinski definition) is 4. The smallest absolute Gasteiger partial charge is 0.321 e. The normalized spacial score (nSPS) is 11.4. The highest BCUT2D eigenvalue weighted by Crippen LogP contribution is 2.12. The number of halogens is 1. The molecule has 0 amide bonds. The van der Waals surface area contributed by atoms with Gasteiger partial charge in [0.1, 0.15) is 12.4 Å². The lowest BCUT2D eigenvalue weighted by Crippen LogP contribution is -2.37. The van der Waals surface area contributed by atoms with Crippen molar-refractivity contribution >= 4 is 16.0 Å². The SMILES string of the molecule is C=CCN(CC(=O)OCC)S(=O)(=O)Cc1ccc(F)cc1. The second-order valence-electron chi connectivity index (χ2n) is 4.27. The number of hydrogen-bond donors (Lipinski definition) is 0. The Hall–Kier alpha value is -1.73. The number of benzene rings is 1. The van der Waals surface area contributed by atoms with Gasteiger partial charge >= 0.3 is 5.97 Å². The summed E-state index contributed by atoms with van der Waals surface area (Å²) >= 11 is 0. The van der Waals surface area contributed by atoms with E-state index in [4.69, 9.17) is 4.74 Å². The van der Waals surface area contributed by atoms with Crippen molar-refractivity contribution in [2.75, 3.05) is 19.7 Å². The molecule has 116 valence electrons. The fraction of sp³-hybridized carbons (Fsp3) is 0.357. The number of carbonyl (C=O) groups is 1. The Bertz CT molecular complexity index is 583.